The first-order valence-electron chi connectivity index (χ1n) is 5.33. The fourth-order valence-electron chi connectivity index (χ4n) is 1.25. The second kappa shape index (κ2) is 5.51. The van der Waals surface area contributed by atoms with Gasteiger partial charge >= 0.3 is 0 Å². The largest absolute Gasteiger partial charge is 0.508 e. The summed E-state index contributed by atoms with van der Waals surface area (Å²) in [5, 5.41) is 11.9. The summed E-state index contributed by atoms with van der Waals surface area (Å²) < 4.78 is 0. The third kappa shape index (κ3) is 3.90. The second-order valence-corrected chi connectivity index (χ2v) is 4.21. The van der Waals surface area contributed by atoms with Crippen LogP contribution in [0.5, 0.6) is 5.75 Å². The van der Waals surface area contributed by atoms with E-state index in [1.54, 1.807) is 18.2 Å². The summed E-state index contributed by atoms with van der Waals surface area (Å²) in [6.07, 6.45) is 0.285. The number of aromatic hydroxyl groups is 1. The van der Waals surface area contributed by atoms with Crippen molar-refractivity contribution in [1.29, 1.82) is 0 Å². The van der Waals surface area contributed by atoms with Gasteiger partial charge in [0.1, 0.15) is 5.75 Å². The minimum Gasteiger partial charge on any atom is -0.508 e. The van der Waals surface area contributed by atoms with Gasteiger partial charge in [-0.05, 0) is 18.1 Å². The number of rotatable bonds is 4. The zero-order valence-corrected chi connectivity index (χ0v) is 9.60. The molecule has 0 heterocycles. The third-order valence-electron chi connectivity index (χ3n) is 2.41. The Bertz CT molecular complexity index is 364. The topological polar surface area (TPSA) is 75.4 Å². The van der Waals surface area contributed by atoms with Crippen LogP contribution in [0.1, 0.15) is 20.3 Å². The van der Waals surface area contributed by atoms with Crippen molar-refractivity contribution in [3.8, 4) is 5.75 Å². The van der Waals surface area contributed by atoms with Crippen molar-refractivity contribution in [2.24, 2.45) is 11.7 Å². The molecule has 4 N–H and O–H groups in total. The highest BCUT2D eigenvalue weighted by Gasteiger charge is 2.12. The maximum atomic E-state index is 11.6. The van der Waals surface area contributed by atoms with E-state index in [9.17, 15) is 9.90 Å². The SMILES string of the molecule is CC(C)C(N)CC(=O)Nc1cccc(O)c1. The molecule has 4 heteroatoms. The third-order valence-corrected chi connectivity index (χ3v) is 2.41. The number of amides is 1. The van der Waals surface area contributed by atoms with Crippen LogP contribution in [0.2, 0.25) is 0 Å². The van der Waals surface area contributed by atoms with Crippen molar-refractivity contribution in [2.75, 3.05) is 5.32 Å². The quantitative estimate of drug-likeness (QED) is 0.725. The van der Waals surface area contributed by atoms with E-state index >= 15 is 0 Å². The van der Waals surface area contributed by atoms with E-state index in [0.717, 1.165) is 0 Å². The van der Waals surface area contributed by atoms with Crippen molar-refractivity contribution in [2.45, 2.75) is 26.3 Å². The molecule has 1 aromatic rings. The molecule has 0 aliphatic rings. The van der Waals surface area contributed by atoms with Gasteiger partial charge in [-0.3, -0.25) is 4.79 Å². The van der Waals surface area contributed by atoms with E-state index in [-0.39, 0.29) is 30.0 Å². The van der Waals surface area contributed by atoms with Crippen LogP contribution in [-0.2, 0) is 4.79 Å². The molecule has 0 spiro atoms. The normalized spacial score (nSPS) is 12.5. The van der Waals surface area contributed by atoms with Gasteiger partial charge in [-0.15, -0.1) is 0 Å². The van der Waals surface area contributed by atoms with Crippen LogP contribution in [0, 0.1) is 5.92 Å². The van der Waals surface area contributed by atoms with Gasteiger partial charge in [0.2, 0.25) is 5.91 Å². The molecule has 0 saturated heterocycles. The second-order valence-electron chi connectivity index (χ2n) is 4.21. The number of nitrogens with one attached hydrogen (secondary N) is 1. The van der Waals surface area contributed by atoms with E-state index < -0.39 is 0 Å². The molecule has 1 amide bonds. The smallest absolute Gasteiger partial charge is 0.225 e. The van der Waals surface area contributed by atoms with Crippen molar-refractivity contribution in [3.05, 3.63) is 24.3 Å². The number of hydrogen-bond donors (Lipinski definition) is 3. The number of phenolic OH excluding ortho intramolecular Hbond substituents is 1. The van der Waals surface area contributed by atoms with E-state index in [4.69, 9.17) is 5.73 Å². The van der Waals surface area contributed by atoms with Gasteiger partial charge in [-0.25, -0.2) is 0 Å². The predicted molar refractivity (Wildman–Crippen MR) is 64.2 cm³/mol. The lowest BCUT2D eigenvalue weighted by Crippen LogP contribution is -2.31. The molecule has 1 atom stereocenters. The maximum Gasteiger partial charge on any atom is 0.225 e. The Morgan fingerprint density at radius 3 is 2.75 bits per heavy atom. The molecule has 0 bridgehead atoms. The minimum absolute atomic E-state index is 0.131. The van der Waals surface area contributed by atoms with Crippen molar-refractivity contribution in [1.82, 2.24) is 0 Å². The summed E-state index contributed by atoms with van der Waals surface area (Å²) in [5.41, 5.74) is 6.37. The Labute approximate surface area is 95.5 Å². The summed E-state index contributed by atoms with van der Waals surface area (Å²) in [6.45, 7) is 3.96. The Morgan fingerprint density at radius 2 is 2.19 bits per heavy atom. The van der Waals surface area contributed by atoms with Gasteiger partial charge in [0, 0.05) is 24.2 Å². The molecule has 1 aromatic carbocycles. The Kier molecular flexibility index (Phi) is 4.31. The molecule has 1 rings (SSSR count). The Balaban J connectivity index is 2.52. The molecular weight excluding hydrogens is 204 g/mol. The average molecular weight is 222 g/mol. The number of nitrogens with two attached hydrogens (primary N) is 1. The van der Waals surface area contributed by atoms with Crippen LogP contribution in [0.15, 0.2) is 24.3 Å². The first-order valence-corrected chi connectivity index (χ1v) is 5.33. The average Bonchev–Trinajstić information content (AvgIpc) is 2.16. The standard InChI is InChI=1S/C12H18N2O2/c1-8(2)11(13)7-12(16)14-9-4-3-5-10(15)6-9/h3-6,8,11,15H,7,13H2,1-2H3,(H,14,16). The van der Waals surface area contributed by atoms with E-state index in [1.807, 2.05) is 13.8 Å². The predicted octanol–water partition coefficient (Wildman–Crippen LogP) is 1.70. The van der Waals surface area contributed by atoms with Gasteiger partial charge in [0.05, 0.1) is 0 Å². The lowest BCUT2D eigenvalue weighted by atomic mass is 10.0. The lowest BCUT2D eigenvalue weighted by molar-refractivity contribution is -0.116. The van der Waals surface area contributed by atoms with Crippen LogP contribution in [0.25, 0.3) is 0 Å². The first kappa shape index (κ1) is 12.5. The van der Waals surface area contributed by atoms with Crippen LogP contribution in [0.3, 0.4) is 0 Å². The highest BCUT2D eigenvalue weighted by molar-refractivity contribution is 5.91. The van der Waals surface area contributed by atoms with Gasteiger partial charge in [0.15, 0.2) is 0 Å². The molecule has 88 valence electrons. The highest BCUT2D eigenvalue weighted by atomic mass is 16.3. The van der Waals surface area contributed by atoms with Gasteiger partial charge in [-0.2, -0.15) is 0 Å². The van der Waals surface area contributed by atoms with Crippen LogP contribution < -0.4 is 11.1 Å². The van der Waals surface area contributed by atoms with Gasteiger partial charge in [-0.1, -0.05) is 19.9 Å². The monoisotopic (exact) mass is 222 g/mol. The summed E-state index contributed by atoms with van der Waals surface area (Å²) in [4.78, 5) is 11.6. The van der Waals surface area contributed by atoms with E-state index in [1.165, 1.54) is 6.07 Å². The summed E-state index contributed by atoms with van der Waals surface area (Å²) in [5.74, 6) is 0.271. The number of carbonyl (C=O) groups excluding carboxylic acids is 1. The highest BCUT2D eigenvalue weighted by Crippen LogP contribution is 2.15. The first-order chi connectivity index (χ1) is 7.49. The molecule has 0 aliphatic heterocycles. The molecule has 0 aromatic heterocycles. The number of hydrogen-bond acceptors (Lipinski definition) is 3. The van der Waals surface area contributed by atoms with E-state index in [2.05, 4.69) is 5.32 Å². The van der Waals surface area contributed by atoms with Crippen molar-refractivity contribution in [3.63, 3.8) is 0 Å². The number of benzene rings is 1. The van der Waals surface area contributed by atoms with Gasteiger partial charge < -0.3 is 16.2 Å². The Morgan fingerprint density at radius 1 is 1.50 bits per heavy atom. The zero-order valence-electron chi connectivity index (χ0n) is 9.60. The summed E-state index contributed by atoms with van der Waals surface area (Å²) in [6, 6.07) is 6.30. The molecule has 0 saturated carbocycles. The minimum atomic E-state index is -0.141. The molecular formula is C12H18N2O2. The summed E-state index contributed by atoms with van der Waals surface area (Å²) >= 11 is 0. The number of anilines is 1. The molecule has 0 radical (unpaired) electrons. The van der Waals surface area contributed by atoms with Gasteiger partial charge in [0.25, 0.3) is 0 Å². The molecule has 0 fully saturated rings. The lowest BCUT2D eigenvalue weighted by Gasteiger charge is -2.15. The fraction of sp³-hybridized carbons (Fsp3) is 0.417. The van der Waals surface area contributed by atoms with Crippen LogP contribution in [0.4, 0.5) is 5.69 Å². The Hall–Kier alpha value is -1.55. The van der Waals surface area contributed by atoms with Crippen LogP contribution >= 0.6 is 0 Å². The number of phenols is 1. The maximum absolute atomic E-state index is 11.6. The summed E-state index contributed by atoms with van der Waals surface area (Å²) in [7, 11) is 0. The van der Waals surface area contributed by atoms with Crippen molar-refractivity contribution >= 4 is 11.6 Å². The molecule has 1 unspecified atom stereocenters. The molecule has 0 aliphatic carbocycles. The van der Waals surface area contributed by atoms with Crippen LogP contribution in [-0.4, -0.2) is 17.1 Å². The van der Waals surface area contributed by atoms with Crippen molar-refractivity contribution < 1.29 is 9.90 Å². The fourth-order valence-corrected chi connectivity index (χ4v) is 1.25. The van der Waals surface area contributed by atoms with E-state index in [0.29, 0.717) is 5.69 Å². The molecule has 16 heavy (non-hydrogen) atoms. The molecule has 4 nitrogen and oxygen atoms in total. The zero-order chi connectivity index (χ0) is 12.1. The number of carbonyl (C=O) groups is 1.